The zero-order valence-electron chi connectivity index (χ0n) is 16.3. The topological polar surface area (TPSA) is 50.5 Å². The van der Waals surface area contributed by atoms with E-state index in [0.29, 0.717) is 24.1 Å². The van der Waals surface area contributed by atoms with E-state index in [-0.39, 0.29) is 18.0 Å². The van der Waals surface area contributed by atoms with Crippen LogP contribution in [-0.2, 0) is 17.8 Å². The number of fused-ring (bicyclic) bond motifs is 1. The molecule has 0 saturated heterocycles. The summed E-state index contributed by atoms with van der Waals surface area (Å²) in [4.78, 5) is 26.6. The van der Waals surface area contributed by atoms with Gasteiger partial charge in [-0.15, -0.1) is 0 Å². The van der Waals surface area contributed by atoms with Gasteiger partial charge in [0.2, 0.25) is 5.91 Å². The first kappa shape index (κ1) is 18.9. The van der Waals surface area contributed by atoms with Gasteiger partial charge >= 0.3 is 5.63 Å². The van der Waals surface area contributed by atoms with Crippen LogP contribution in [0.15, 0.2) is 51.7 Å². The summed E-state index contributed by atoms with van der Waals surface area (Å²) in [6, 6.07) is 14.0. The minimum atomic E-state index is -0.348. The van der Waals surface area contributed by atoms with Crippen molar-refractivity contribution >= 4 is 16.9 Å². The van der Waals surface area contributed by atoms with Gasteiger partial charge in [-0.25, -0.2) is 4.79 Å². The molecular weight excluding hydrogens is 338 g/mol. The SMILES string of the molecule is Cc1ccc(CN(C)C(=O)CCc2c(C)c3ccc(C)cc3oc2=O)cc1. The standard InChI is InChI=1S/C23H25NO3/c1-15-5-8-18(9-6-15)14-24(4)22(25)12-11-20-17(3)19-10-7-16(2)13-21(19)27-23(20)26/h5-10,13H,11-12,14H2,1-4H3. The smallest absolute Gasteiger partial charge is 0.339 e. The van der Waals surface area contributed by atoms with Crippen molar-refractivity contribution in [2.75, 3.05) is 7.05 Å². The summed E-state index contributed by atoms with van der Waals surface area (Å²) in [7, 11) is 1.79. The molecule has 1 heterocycles. The molecule has 0 unspecified atom stereocenters. The Morgan fingerprint density at radius 2 is 1.67 bits per heavy atom. The van der Waals surface area contributed by atoms with E-state index in [4.69, 9.17) is 4.42 Å². The molecule has 0 aliphatic carbocycles. The summed E-state index contributed by atoms with van der Waals surface area (Å²) >= 11 is 0. The molecule has 1 aromatic heterocycles. The fourth-order valence-corrected chi connectivity index (χ4v) is 3.27. The van der Waals surface area contributed by atoms with Crippen LogP contribution in [-0.4, -0.2) is 17.9 Å². The number of nitrogens with zero attached hydrogens (tertiary/aromatic N) is 1. The third-order valence-electron chi connectivity index (χ3n) is 5.00. The number of rotatable bonds is 5. The molecule has 4 heteroatoms. The highest BCUT2D eigenvalue weighted by molar-refractivity contribution is 5.82. The highest BCUT2D eigenvalue weighted by atomic mass is 16.4. The van der Waals surface area contributed by atoms with Gasteiger partial charge in [-0.05, 0) is 49.9 Å². The molecular formula is C23H25NO3. The Bertz CT molecular complexity index is 1030. The molecule has 0 aliphatic rings. The van der Waals surface area contributed by atoms with Crippen LogP contribution in [0.25, 0.3) is 11.0 Å². The van der Waals surface area contributed by atoms with Crippen LogP contribution in [0.4, 0.5) is 0 Å². The van der Waals surface area contributed by atoms with Gasteiger partial charge in [-0.3, -0.25) is 4.79 Å². The summed E-state index contributed by atoms with van der Waals surface area (Å²) in [5, 5.41) is 0.927. The molecule has 0 saturated carbocycles. The third kappa shape index (κ3) is 4.27. The van der Waals surface area contributed by atoms with Crippen molar-refractivity contribution in [2.24, 2.45) is 0 Å². The Morgan fingerprint density at radius 3 is 2.37 bits per heavy atom. The lowest BCUT2D eigenvalue weighted by atomic mass is 10.0. The van der Waals surface area contributed by atoms with E-state index >= 15 is 0 Å². The summed E-state index contributed by atoms with van der Waals surface area (Å²) in [6.07, 6.45) is 0.667. The Morgan fingerprint density at radius 1 is 1.00 bits per heavy atom. The summed E-state index contributed by atoms with van der Waals surface area (Å²) in [5.74, 6) is 0.0124. The predicted octanol–water partition coefficient (Wildman–Crippen LogP) is 4.31. The van der Waals surface area contributed by atoms with Gasteiger partial charge in [0, 0.05) is 31.0 Å². The normalized spacial score (nSPS) is 11.0. The summed E-state index contributed by atoms with van der Waals surface area (Å²) in [5.41, 5.74) is 5.07. The zero-order chi connectivity index (χ0) is 19.6. The fourth-order valence-electron chi connectivity index (χ4n) is 3.27. The molecule has 1 amide bonds. The van der Waals surface area contributed by atoms with E-state index in [1.165, 1.54) is 5.56 Å². The second-order valence-corrected chi connectivity index (χ2v) is 7.23. The number of carbonyl (C=O) groups is 1. The third-order valence-corrected chi connectivity index (χ3v) is 5.00. The van der Waals surface area contributed by atoms with E-state index in [1.54, 1.807) is 11.9 Å². The number of carbonyl (C=O) groups excluding carboxylic acids is 1. The van der Waals surface area contributed by atoms with Crippen LogP contribution in [0.5, 0.6) is 0 Å². The van der Waals surface area contributed by atoms with Gasteiger partial charge in [-0.1, -0.05) is 42.0 Å². The Labute approximate surface area is 159 Å². The molecule has 4 nitrogen and oxygen atoms in total. The maximum Gasteiger partial charge on any atom is 0.339 e. The number of benzene rings is 2. The Hall–Kier alpha value is -2.88. The van der Waals surface area contributed by atoms with Crippen LogP contribution in [0.3, 0.4) is 0 Å². The average Bonchev–Trinajstić information content (AvgIpc) is 2.62. The van der Waals surface area contributed by atoms with Crippen LogP contribution < -0.4 is 5.63 Å². The van der Waals surface area contributed by atoms with Gasteiger partial charge in [0.15, 0.2) is 0 Å². The lowest BCUT2D eigenvalue weighted by Crippen LogP contribution is -2.27. The molecule has 0 N–H and O–H groups in total. The summed E-state index contributed by atoms with van der Waals surface area (Å²) in [6.45, 7) is 6.48. The second kappa shape index (κ2) is 7.78. The molecule has 0 fully saturated rings. The quantitative estimate of drug-likeness (QED) is 0.635. The average molecular weight is 363 g/mol. The number of aryl methyl sites for hydroxylation is 3. The van der Waals surface area contributed by atoms with Gasteiger partial charge in [0.25, 0.3) is 0 Å². The first-order chi connectivity index (χ1) is 12.8. The molecule has 140 valence electrons. The van der Waals surface area contributed by atoms with Gasteiger partial charge in [-0.2, -0.15) is 0 Å². The van der Waals surface area contributed by atoms with Gasteiger partial charge < -0.3 is 9.32 Å². The highest BCUT2D eigenvalue weighted by Gasteiger charge is 2.15. The zero-order valence-corrected chi connectivity index (χ0v) is 16.3. The molecule has 3 rings (SSSR count). The number of amides is 1. The maximum atomic E-state index is 12.5. The van der Waals surface area contributed by atoms with Crippen molar-refractivity contribution in [3.8, 4) is 0 Å². The Kier molecular flexibility index (Phi) is 5.45. The lowest BCUT2D eigenvalue weighted by Gasteiger charge is -2.17. The molecule has 0 radical (unpaired) electrons. The van der Waals surface area contributed by atoms with Crippen molar-refractivity contribution in [1.82, 2.24) is 4.90 Å². The molecule has 0 aliphatic heterocycles. The van der Waals surface area contributed by atoms with Crippen molar-refractivity contribution in [3.05, 3.63) is 80.7 Å². The lowest BCUT2D eigenvalue weighted by molar-refractivity contribution is -0.130. The van der Waals surface area contributed by atoms with Crippen molar-refractivity contribution in [3.63, 3.8) is 0 Å². The van der Waals surface area contributed by atoms with E-state index in [9.17, 15) is 9.59 Å². The fraction of sp³-hybridized carbons (Fsp3) is 0.304. The minimum Gasteiger partial charge on any atom is -0.423 e. The molecule has 3 aromatic rings. The minimum absolute atomic E-state index is 0.0124. The van der Waals surface area contributed by atoms with Crippen molar-refractivity contribution < 1.29 is 9.21 Å². The number of hydrogen-bond acceptors (Lipinski definition) is 3. The first-order valence-corrected chi connectivity index (χ1v) is 9.17. The number of hydrogen-bond donors (Lipinski definition) is 0. The molecule has 27 heavy (non-hydrogen) atoms. The van der Waals surface area contributed by atoms with Gasteiger partial charge in [0.1, 0.15) is 5.58 Å². The molecule has 0 atom stereocenters. The molecule has 0 spiro atoms. The predicted molar refractivity (Wildman–Crippen MR) is 108 cm³/mol. The van der Waals surface area contributed by atoms with Crippen LogP contribution in [0, 0.1) is 20.8 Å². The highest BCUT2D eigenvalue weighted by Crippen LogP contribution is 2.21. The monoisotopic (exact) mass is 363 g/mol. The molecule has 0 bridgehead atoms. The van der Waals surface area contributed by atoms with E-state index in [0.717, 1.165) is 22.1 Å². The maximum absolute atomic E-state index is 12.5. The first-order valence-electron chi connectivity index (χ1n) is 9.17. The molecule has 2 aromatic carbocycles. The van der Waals surface area contributed by atoms with E-state index in [2.05, 4.69) is 0 Å². The van der Waals surface area contributed by atoms with Crippen molar-refractivity contribution in [2.45, 2.75) is 40.2 Å². The Balaban J connectivity index is 1.72. The summed E-state index contributed by atoms with van der Waals surface area (Å²) < 4.78 is 5.47. The van der Waals surface area contributed by atoms with Crippen LogP contribution in [0.1, 0.15) is 34.2 Å². The van der Waals surface area contributed by atoms with Crippen molar-refractivity contribution in [1.29, 1.82) is 0 Å². The second-order valence-electron chi connectivity index (χ2n) is 7.23. The van der Waals surface area contributed by atoms with Crippen LogP contribution >= 0.6 is 0 Å². The van der Waals surface area contributed by atoms with E-state index < -0.39 is 0 Å². The van der Waals surface area contributed by atoms with Crippen LogP contribution in [0.2, 0.25) is 0 Å². The van der Waals surface area contributed by atoms with E-state index in [1.807, 2.05) is 63.2 Å². The van der Waals surface area contributed by atoms with Gasteiger partial charge in [0.05, 0.1) is 0 Å². The largest absolute Gasteiger partial charge is 0.423 e.